The van der Waals surface area contributed by atoms with Crippen LogP contribution in [-0.2, 0) is 16.0 Å². The molecule has 0 radical (unpaired) electrons. The number of nitrogens with zero attached hydrogens (tertiary/aromatic N) is 2. The van der Waals surface area contributed by atoms with E-state index in [0.29, 0.717) is 31.9 Å². The topological polar surface area (TPSA) is 64.7 Å². The number of benzene rings is 2. The van der Waals surface area contributed by atoms with E-state index in [1.807, 2.05) is 25.1 Å². The van der Waals surface area contributed by atoms with Gasteiger partial charge in [-0.25, -0.2) is 4.39 Å². The van der Waals surface area contributed by atoms with Crippen molar-refractivity contribution in [2.45, 2.75) is 19.4 Å². The fraction of sp³-hybridized carbons (Fsp3) is 0.391. The van der Waals surface area contributed by atoms with Gasteiger partial charge in [-0.3, -0.25) is 19.4 Å². The molecule has 0 bridgehead atoms. The quantitative estimate of drug-likeness (QED) is 0.697. The second-order valence-electron chi connectivity index (χ2n) is 7.57. The minimum absolute atomic E-state index is 0.0243. The summed E-state index contributed by atoms with van der Waals surface area (Å²) in [5.74, 6) is -0.514. The molecule has 0 spiro atoms. The first-order valence-electron chi connectivity index (χ1n) is 10.3. The molecule has 2 amide bonds. The van der Waals surface area contributed by atoms with E-state index in [2.05, 4.69) is 32.6 Å². The van der Waals surface area contributed by atoms with Crippen LogP contribution >= 0.6 is 0 Å². The molecule has 30 heavy (non-hydrogen) atoms. The van der Waals surface area contributed by atoms with Crippen LogP contribution in [0.4, 0.5) is 10.1 Å². The van der Waals surface area contributed by atoms with Crippen LogP contribution < -0.4 is 10.6 Å². The van der Waals surface area contributed by atoms with Crippen molar-refractivity contribution in [1.82, 2.24) is 15.1 Å². The molecule has 7 heteroatoms. The van der Waals surface area contributed by atoms with E-state index in [-0.39, 0.29) is 23.7 Å². The van der Waals surface area contributed by atoms with Gasteiger partial charge in [-0.15, -0.1) is 0 Å². The third-order valence-electron chi connectivity index (χ3n) is 5.37. The number of carbonyl (C=O) groups is 2. The molecule has 1 unspecified atom stereocenters. The lowest BCUT2D eigenvalue weighted by Crippen LogP contribution is -2.54. The molecule has 2 aromatic carbocycles. The monoisotopic (exact) mass is 412 g/mol. The molecule has 1 saturated heterocycles. The second kappa shape index (κ2) is 10.8. The highest BCUT2D eigenvalue weighted by Crippen LogP contribution is 2.12. The average Bonchev–Trinajstić information content (AvgIpc) is 2.74. The Morgan fingerprint density at radius 1 is 1.03 bits per heavy atom. The maximum absolute atomic E-state index is 13.3. The van der Waals surface area contributed by atoms with E-state index in [0.717, 1.165) is 19.5 Å². The SMILES string of the molecule is CC(C(=O)Nc1cccc(F)c1)N1CCN(CC(=O)NCCc2ccccc2)CC1. The van der Waals surface area contributed by atoms with Crippen LogP contribution in [0.15, 0.2) is 54.6 Å². The third kappa shape index (κ3) is 6.64. The van der Waals surface area contributed by atoms with Crippen molar-refractivity contribution in [2.24, 2.45) is 0 Å². The summed E-state index contributed by atoms with van der Waals surface area (Å²) in [4.78, 5) is 28.8. The lowest BCUT2D eigenvalue weighted by molar-refractivity contribution is -0.124. The van der Waals surface area contributed by atoms with Crippen LogP contribution in [0.2, 0.25) is 0 Å². The zero-order valence-electron chi connectivity index (χ0n) is 17.3. The van der Waals surface area contributed by atoms with Crippen LogP contribution in [-0.4, -0.2) is 66.9 Å². The normalized spacial score (nSPS) is 16.1. The van der Waals surface area contributed by atoms with Gasteiger partial charge in [-0.05, 0) is 37.1 Å². The standard InChI is InChI=1S/C23H29FN4O2/c1-18(23(30)26-21-9-5-8-20(24)16-21)28-14-12-27(13-15-28)17-22(29)25-11-10-19-6-3-2-4-7-19/h2-9,16,18H,10-15,17H2,1H3,(H,25,29)(H,26,30). The fourth-order valence-corrected chi connectivity index (χ4v) is 3.54. The van der Waals surface area contributed by atoms with Crippen molar-refractivity contribution in [2.75, 3.05) is 44.6 Å². The van der Waals surface area contributed by atoms with Gasteiger partial charge in [0.25, 0.3) is 0 Å². The molecule has 0 aromatic heterocycles. The van der Waals surface area contributed by atoms with Crippen LogP contribution in [0, 0.1) is 5.82 Å². The predicted molar refractivity (Wildman–Crippen MR) is 116 cm³/mol. The van der Waals surface area contributed by atoms with Gasteiger partial charge in [0.2, 0.25) is 11.8 Å². The van der Waals surface area contributed by atoms with Crippen molar-refractivity contribution in [3.05, 3.63) is 66.0 Å². The summed E-state index contributed by atoms with van der Waals surface area (Å²) >= 11 is 0. The zero-order chi connectivity index (χ0) is 21.3. The number of hydrogen-bond acceptors (Lipinski definition) is 4. The Hall–Kier alpha value is -2.77. The molecule has 6 nitrogen and oxygen atoms in total. The van der Waals surface area contributed by atoms with Gasteiger partial charge in [-0.1, -0.05) is 36.4 Å². The summed E-state index contributed by atoms with van der Waals surface area (Å²) in [6.45, 7) is 5.70. The van der Waals surface area contributed by atoms with Crippen molar-refractivity contribution < 1.29 is 14.0 Å². The van der Waals surface area contributed by atoms with Crippen molar-refractivity contribution in [3.8, 4) is 0 Å². The van der Waals surface area contributed by atoms with Crippen LogP contribution in [0.25, 0.3) is 0 Å². The van der Waals surface area contributed by atoms with E-state index < -0.39 is 0 Å². The second-order valence-corrected chi connectivity index (χ2v) is 7.57. The van der Waals surface area contributed by atoms with Gasteiger partial charge in [0.1, 0.15) is 5.82 Å². The summed E-state index contributed by atoms with van der Waals surface area (Å²) in [6, 6.07) is 15.6. The summed E-state index contributed by atoms with van der Waals surface area (Å²) in [7, 11) is 0. The van der Waals surface area contributed by atoms with Gasteiger partial charge in [0, 0.05) is 38.4 Å². The summed E-state index contributed by atoms with van der Waals surface area (Å²) in [5, 5.41) is 5.74. The average molecular weight is 413 g/mol. The predicted octanol–water partition coefficient (Wildman–Crippen LogP) is 2.13. The molecule has 2 N–H and O–H groups in total. The highest BCUT2D eigenvalue weighted by atomic mass is 19.1. The fourth-order valence-electron chi connectivity index (χ4n) is 3.54. The Labute approximate surface area is 177 Å². The smallest absolute Gasteiger partial charge is 0.241 e. The Bertz CT molecular complexity index is 838. The molecule has 0 saturated carbocycles. The molecular weight excluding hydrogens is 383 g/mol. The Morgan fingerprint density at radius 3 is 2.47 bits per heavy atom. The molecule has 1 aliphatic heterocycles. The number of anilines is 1. The highest BCUT2D eigenvalue weighted by molar-refractivity contribution is 5.94. The number of nitrogens with one attached hydrogen (secondary N) is 2. The molecule has 2 aromatic rings. The van der Waals surface area contributed by atoms with E-state index in [1.54, 1.807) is 12.1 Å². The van der Waals surface area contributed by atoms with Gasteiger partial charge in [0.05, 0.1) is 12.6 Å². The van der Waals surface area contributed by atoms with Crippen molar-refractivity contribution >= 4 is 17.5 Å². The van der Waals surface area contributed by atoms with E-state index in [4.69, 9.17) is 0 Å². The number of carbonyl (C=O) groups excluding carboxylic acids is 2. The Kier molecular flexibility index (Phi) is 7.93. The Balaban J connectivity index is 1.36. The molecular formula is C23H29FN4O2. The van der Waals surface area contributed by atoms with Crippen LogP contribution in [0.5, 0.6) is 0 Å². The number of piperazine rings is 1. The molecule has 160 valence electrons. The maximum Gasteiger partial charge on any atom is 0.241 e. The number of rotatable bonds is 8. The summed E-state index contributed by atoms with van der Waals surface area (Å²) in [5.41, 5.74) is 1.66. The number of halogens is 1. The minimum Gasteiger partial charge on any atom is -0.355 e. The molecule has 1 atom stereocenters. The minimum atomic E-state index is -0.379. The van der Waals surface area contributed by atoms with Gasteiger partial charge < -0.3 is 10.6 Å². The maximum atomic E-state index is 13.3. The van der Waals surface area contributed by atoms with Crippen molar-refractivity contribution in [3.63, 3.8) is 0 Å². The first-order valence-corrected chi connectivity index (χ1v) is 10.3. The van der Waals surface area contributed by atoms with Crippen LogP contribution in [0.3, 0.4) is 0 Å². The largest absolute Gasteiger partial charge is 0.355 e. The van der Waals surface area contributed by atoms with Gasteiger partial charge in [-0.2, -0.15) is 0 Å². The first kappa shape index (κ1) is 21.9. The van der Waals surface area contributed by atoms with E-state index >= 15 is 0 Å². The first-order chi connectivity index (χ1) is 14.5. The Morgan fingerprint density at radius 2 is 1.77 bits per heavy atom. The lowest BCUT2D eigenvalue weighted by atomic mass is 10.1. The summed E-state index contributed by atoms with van der Waals surface area (Å²) in [6.07, 6.45) is 0.818. The lowest BCUT2D eigenvalue weighted by Gasteiger charge is -2.37. The number of amides is 2. The van der Waals surface area contributed by atoms with Crippen LogP contribution in [0.1, 0.15) is 12.5 Å². The zero-order valence-corrected chi connectivity index (χ0v) is 17.3. The van der Waals surface area contributed by atoms with Gasteiger partial charge >= 0.3 is 0 Å². The summed E-state index contributed by atoms with van der Waals surface area (Å²) < 4.78 is 13.3. The molecule has 0 aliphatic carbocycles. The van der Waals surface area contributed by atoms with E-state index in [9.17, 15) is 14.0 Å². The molecule has 1 aliphatic rings. The third-order valence-corrected chi connectivity index (χ3v) is 5.37. The highest BCUT2D eigenvalue weighted by Gasteiger charge is 2.26. The van der Waals surface area contributed by atoms with Gasteiger partial charge in [0.15, 0.2) is 0 Å². The van der Waals surface area contributed by atoms with E-state index in [1.165, 1.54) is 17.7 Å². The van der Waals surface area contributed by atoms with Crippen molar-refractivity contribution in [1.29, 1.82) is 0 Å². The molecule has 1 heterocycles. The molecule has 3 rings (SSSR count). The molecule has 1 fully saturated rings. The number of hydrogen-bond donors (Lipinski definition) is 2.